The largest absolute Gasteiger partial charge is 1.00 e. The molecule has 98 valence electrons. The Labute approximate surface area is 126 Å². The first-order chi connectivity index (χ1) is 8.92. The van der Waals surface area contributed by atoms with Gasteiger partial charge in [0.2, 0.25) is 0 Å². The highest BCUT2D eigenvalue weighted by atomic mass is 79.9. The summed E-state index contributed by atoms with van der Waals surface area (Å²) in [5.74, 6) is 0. The topological polar surface area (TPSA) is 17.3 Å². The van der Waals surface area contributed by atoms with Crippen molar-refractivity contribution < 1.29 is 17.0 Å². The van der Waals surface area contributed by atoms with E-state index in [9.17, 15) is 0 Å². The van der Waals surface area contributed by atoms with Gasteiger partial charge < -0.3 is 17.0 Å². The van der Waals surface area contributed by atoms with Crippen LogP contribution in [0.4, 0.5) is 0 Å². The van der Waals surface area contributed by atoms with E-state index in [-0.39, 0.29) is 17.0 Å². The number of nitrogens with zero attached hydrogens (tertiary/aromatic N) is 2. The first-order valence-corrected chi connectivity index (χ1v) is 7.28. The van der Waals surface area contributed by atoms with E-state index in [2.05, 4.69) is 34.9 Å². The molecule has 0 saturated carbocycles. The van der Waals surface area contributed by atoms with Crippen molar-refractivity contribution in [2.75, 3.05) is 0 Å². The maximum atomic E-state index is 4.77. The van der Waals surface area contributed by atoms with E-state index in [1.807, 2.05) is 17.4 Å². The average Bonchev–Trinajstić information content (AvgIpc) is 2.97. The molecule has 2 aromatic heterocycles. The lowest BCUT2D eigenvalue weighted by atomic mass is 10.0. The minimum absolute atomic E-state index is 0. The number of imidazole rings is 1. The van der Waals surface area contributed by atoms with Crippen molar-refractivity contribution in [1.82, 2.24) is 9.38 Å². The molecule has 0 spiro atoms. The quantitative estimate of drug-likeness (QED) is 0.648. The Morgan fingerprint density at radius 1 is 1.05 bits per heavy atom. The number of hydrogen-bond donors (Lipinski definition) is 0. The number of fused-ring (bicyclic) bond motifs is 3. The van der Waals surface area contributed by atoms with Gasteiger partial charge in [-0.15, -0.1) is 11.3 Å². The van der Waals surface area contributed by atoms with E-state index in [0.717, 1.165) is 10.7 Å². The molecule has 0 aliphatic heterocycles. The van der Waals surface area contributed by atoms with Crippen molar-refractivity contribution in [3.63, 3.8) is 0 Å². The van der Waals surface area contributed by atoms with Gasteiger partial charge in [0, 0.05) is 22.3 Å². The van der Waals surface area contributed by atoms with Crippen LogP contribution in [0.5, 0.6) is 0 Å². The smallest absolute Gasteiger partial charge is 0.194 e. The molecule has 1 aromatic carbocycles. The zero-order chi connectivity index (χ0) is 11.9. The summed E-state index contributed by atoms with van der Waals surface area (Å²) in [4.78, 5) is 7.47. The standard InChI is InChI=1S/C15H14N2S.BrH/c1-2-6-11(7-3-1)12-10-17-13-8-4-5-9-14(13)18-15(17)16-12;/h1-3,6-7,10H,4-5,8-9H2;1H/p-1. The lowest BCUT2D eigenvalue weighted by molar-refractivity contribution is -0.00000357. The molecule has 0 N–H and O–H groups in total. The average molecular weight is 334 g/mol. The van der Waals surface area contributed by atoms with Crippen LogP contribution in [0.1, 0.15) is 23.4 Å². The summed E-state index contributed by atoms with van der Waals surface area (Å²) in [6, 6.07) is 10.4. The van der Waals surface area contributed by atoms with Gasteiger partial charge in [-0.3, -0.25) is 4.40 Å². The summed E-state index contributed by atoms with van der Waals surface area (Å²) < 4.78 is 2.31. The van der Waals surface area contributed by atoms with Gasteiger partial charge in [-0.25, -0.2) is 4.98 Å². The van der Waals surface area contributed by atoms with Crippen LogP contribution in [0.2, 0.25) is 0 Å². The molecule has 0 saturated heterocycles. The maximum Gasteiger partial charge on any atom is 0.194 e. The minimum atomic E-state index is 0. The number of aryl methyl sites for hydroxylation is 2. The van der Waals surface area contributed by atoms with E-state index >= 15 is 0 Å². The van der Waals surface area contributed by atoms with Crippen molar-refractivity contribution in [2.24, 2.45) is 0 Å². The van der Waals surface area contributed by atoms with Gasteiger partial charge in [-0.1, -0.05) is 30.3 Å². The SMILES string of the molecule is [Br-].c1ccc(-c2cn3c4c(sc3n2)CCCC4)cc1. The predicted octanol–water partition coefficient (Wildman–Crippen LogP) is 0.946. The third-order valence-corrected chi connectivity index (χ3v) is 4.79. The Balaban J connectivity index is 0.00000110. The van der Waals surface area contributed by atoms with Crippen LogP contribution in [0, 0.1) is 0 Å². The number of thiazole rings is 1. The summed E-state index contributed by atoms with van der Waals surface area (Å²) in [5.41, 5.74) is 3.80. The Kier molecular flexibility index (Phi) is 3.46. The highest BCUT2D eigenvalue weighted by Gasteiger charge is 2.17. The molecule has 0 fully saturated rings. The third-order valence-electron chi connectivity index (χ3n) is 3.64. The molecule has 0 bridgehead atoms. The Bertz CT molecular complexity index is 700. The molecule has 2 heterocycles. The number of benzene rings is 1. The summed E-state index contributed by atoms with van der Waals surface area (Å²) in [6.45, 7) is 0. The number of rotatable bonds is 1. The monoisotopic (exact) mass is 333 g/mol. The second-order valence-electron chi connectivity index (χ2n) is 4.82. The molecule has 19 heavy (non-hydrogen) atoms. The van der Waals surface area contributed by atoms with E-state index < -0.39 is 0 Å². The molecule has 0 unspecified atom stereocenters. The first kappa shape index (κ1) is 12.9. The summed E-state index contributed by atoms with van der Waals surface area (Å²) >= 11 is 1.87. The molecule has 3 aromatic rings. The molecular weight excluding hydrogens is 320 g/mol. The van der Waals surface area contributed by atoms with E-state index in [1.54, 1.807) is 4.88 Å². The van der Waals surface area contributed by atoms with Crippen LogP contribution in [-0.2, 0) is 12.8 Å². The molecular formula is C15H14BrN2S-. The third kappa shape index (κ3) is 2.13. The van der Waals surface area contributed by atoms with E-state index in [1.165, 1.54) is 36.9 Å². The van der Waals surface area contributed by atoms with Crippen molar-refractivity contribution >= 4 is 16.3 Å². The number of halogens is 1. The van der Waals surface area contributed by atoms with Crippen molar-refractivity contribution in [3.8, 4) is 11.3 Å². The Morgan fingerprint density at radius 2 is 1.84 bits per heavy atom. The normalized spacial score (nSPS) is 14.1. The van der Waals surface area contributed by atoms with Gasteiger partial charge in [0.25, 0.3) is 0 Å². The fourth-order valence-electron chi connectivity index (χ4n) is 2.71. The second-order valence-corrected chi connectivity index (χ2v) is 5.89. The molecule has 0 amide bonds. The lowest BCUT2D eigenvalue weighted by Crippen LogP contribution is -3.00. The zero-order valence-corrected chi connectivity index (χ0v) is 12.9. The van der Waals surface area contributed by atoms with E-state index in [0.29, 0.717) is 0 Å². The van der Waals surface area contributed by atoms with Gasteiger partial charge in [-0.05, 0) is 25.7 Å². The van der Waals surface area contributed by atoms with Gasteiger partial charge in [0.05, 0.1) is 5.69 Å². The number of hydrogen-bond acceptors (Lipinski definition) is 2. The van der Waals surface area contributed by atoms with Gasteiger partial charge in [-0.2, -0.15) is 0 Å². The second kappa shape index (κ2) is 5.10. The van der Waals surface area contributed by atoms with Crippen molar-refractivity contribution in [2.45, 2.75) is 25.7 Å². The van der Waals surface area contributed by atoms with Gasteiger partial charge in [0.15, 0.2) is 4.96 Å². The van der Waals surface area contributed by atoms with Crippen LogP contribution in [0.25, 0.3) is 16.2 Å². The van der Waals surface area contributed by atoms with Crippen molar-refractivity contribution in [1.29, 1.82) is 0 Å². The molecule has 0 radical (unpaired) electrons. The fraction of sp³-hybridized carbons (Fsp3) is 0.267. The maximum absolute atomic E-state index is 4.77. The van der Waals surface area contributed by atoms with Gasteiger partial charge in [0.1, 0.15) is 0 Å². The highest BCUT2D eigenvalue weighted by Crippen LogP contribution is 2.31. The Hall–Kier alpha value is -1.13. The molecule has 0 atom stereocenters. The van der Waals surface area contributed by atoms with Crippen LogP contribution < -0.4 is 17.0 Å². The Morgan fingerprint density at radius 3 is 2.68 bits per heavy atom. The first-order valence-electron chi connectivity index (χ1n) is 6.47. The van der Waals surface area contributed by atoms with Crippen molar-refractivity contribution in [3.05, 3.63) is 47.1 Å². The van der Waals surface area contributed by atoms with Crippen LogP contribution in [0.15, 0.2) is 36.5 Å². The molecule has 4 rings (SSSR count). The fourth-order valence-corrected chi connectivity index (χ4v) is 3.90. The minimum Gasteiger partial charge on any atom is -1.00 e. The van der Waals surface area contributed by atoms with Crippen LogP contribution >= 0.6 is 11.3 Å². The lowest BCUT2D eigenvalue weighted by Gasteiger charge is -2.09. The molecule has 4 heteroatoms. The summed E-state index contributed by atoms with van der Waals surface area (Å²) in [7, 11) is 0. The zero-order valence-electron chi connectivity index (χ0n) is 10.5. The molecule has 2 nitrogen and oxygen atoms in total. The number of aromatic nitrogens is 2. The summed E-state index contributed by atoms with van der Waals surface area (Å²) in [6.07, 6.45) is 7.30. The van der Waals surface area contributed by atoms with E-state index in [4.69, 9.17) is 4.98 Å². The molecule has 1 aliphatic rings. The van der Waals surface area contributed by atoms with Crippen LogP contribution in [-0.4, -0.2) is 9.38 Å². The summed E-state index contributed by atoms with van der Waals surface area (Å²) in [5, 5.41) is 0. The van der Waals surface area contributed by atoms with Crippen LogP contribution in [0.3, 0.4) is 0 Å². The van der Waals surface area contributed by atoms with Gasteiger partial charge >= 0.3 is 0 Å². The molecule has 1 aliphatic carbocycles. The predicted molar refractivity (Wildman–Crippen MR) is 75.1 cm³/mol. The highest BCUT2D eigenvalue weighted by molar-refractivity contribution is 7.17.